The van der Waals surface area contributed by atoms with Crippen LogP contribution >= 0.6 is 0 Å². The first-order valence-electron chi connectivity index (χ1n) is 9.89. The van der Waals surface area contributed by atoms with Crippen LogP contribution in [0.25, 0.3) is 44.2 Å². The van der Waals surface area contributed by atoms with Gasteiger partial charge < -0.3 is 13.7 Å². The first kappa shape index (κ1) is 18.9. The lowest BCUT2D eigenvalue weighted by Crippen LogP contribution is -2.08. The van der Waals surface area contributed by atoms with Crippen LogP contribution in [-0.2, 0) is 0 Å². The van der Waals surface area contributed by atoms with E-state index in [0.717, 1.165) is 27.6 Å². The lowest BCUT2D eigenvalue weighted by Gasteiger charge is -2.13. The van der Waals surface area contributed by atoms with Gasteiger partial charge in [0.15, 0.2) is 0 Å². The molecule has 2 heterocycles. The van der Waals surface area contributed by atoms with Gasteiger partial charge in [0.25, 0.3) is 0 Å². The van der Waals surface area contributed by atoms with Crippen molar-refractivity contribution >= 4 is 27.6 Å². The van der Waals surface area contributed by atoms with Gasteiger partial charge in [-0.25, -0.2) is 9.59 Å². The van der Waals surface area contributed by atoms with Gasteiger partial charge in [-0.15, -0.1) is 0 Å². The summed E-state index contributed by atoms with van der Waals surface area (Å²) in [6, 6.07) is 24.0. The molecule has 0 aliphatic heterocycles. The monoisotopic (exact) mass is 409 g/mol. The third kappa shape index (κ3) is 3.30. The Balaban J connectivity index is 1.77. The van der Waals surface area contributed by atoms with Crippen molar-refractivity contribution in [2.75, 3.05) is 19.0 Å². The molecule has 0 aliphatic carbocycles. The van der Waals surface area contributed by atoms with E-state index in [1.165, 1.54) is 6.07 Å². The van der Waals surface area contributed by atoms with Crippen molar-refractivity contribution in [2.24, 2.45) is 0 Å². The number of nitrogens with zero attached hydrogens (tertiary/aromatic N) is 1. The van der Waals surface area contributed by atoms with Crippen molar-refractivity contribution in [1.29, 1.82) is 0 Å². The van der Waals surface area contributed by atoms with E-state index in [1.54, 1.807) is 18.2 Å². The molecule has 0 saturated carbocycles. The fourth-order valence-corrected chi connectivity index (χ4v) is 3.82. The fourth-order valence-electron chi connectivity index (χ4n) is 3.82. The van der Waals surface area contributed by atoms with Crippen LogP contribution in [0.15, 0.2) is 97.3 Å². The summed E-state index contributed by atoms with van der Waals surface area (Å²) in [6.07, 6.45) is 0. The molecule has 0 atom stereocenters. The maximum absolute atomic E-state index is 12.7. The SMILES string of the molecule is CN(C)c1ccc(-c2cc(=O)oc3c(-c4cc5ccccc5oc4=O)cccc23)cc1. The Hall–Kier alpha value is -4.12. The van der Waals surface area contributed by atoms with Crippen molar-refractivity contribution in [1.82, 2.24) is 0 Å². The molecule has 2 aromatic heterocycles. The predicted octanol–water partition coefficient (Wildman–Crippen LogP) is 5.30. The van der Waals surface area contributed by atoms with Gasteiger partial charge in [0.05, 0.1) is 5.56 Å². The van der Waals surface area contributed by atoms with E-state index in [1.807, 2.05) is 73.6 Å². The first-order valence-corrected chi connectivity index (χ1v) is 9.89. The average molecular weight is 409 g/mol. The van der Waals surface area contributed by atoms with Crippen molar-refractivity contribution in [3.8, 4) is 22.3 Å². The number of rotatable bonds is 3. The third-order valence-electron chi connectivity index (χ3n) is 5.40. The largest absolute Gasteiger partial charge is 0.422 e. The topological polar surface area (TPSA) is 63.7 Å². The second-order valence-electron chi connectivity index (χ2n) is 7.59. The maximum atomic E-state index is 12.7. The Morgan fingerprint density at radius 3 is 2.26 bits per heavy atom. The van der Waals surface area contributed by atoms with Crippen LogP contribution in [0.5, 0.6) is 0 Å². The van der Waals surface area contributed by atoms with E-state index < -0.39 is 11.3 Å². The van der Waals surface area contributed by atoms with Crippen LogP contribution in [0.3, 0.4) is 0 Å². The summed E-state index contributed by atoms with van der Waals surface area (Å²) in [4.78, 5) is 27.2. The van der Waals surface area contributed by atoms with Crippen molar-refractivity contribution in [3.63, 3.8) is 0 Å². The number of anilines is 1. The Bertz CT molecular complexity index is 1540. The van der Waals surface area contributed by atoms with Crippen LogP contribution in [0, 0.1) is 0 Å². The van der Waals surface area contributed by atoms with Crippen LogP contribution in [0.1, 0.15) is 0 Å². The standard InChI is InChI=1S/C26H19NO4/c1-27(2)18-12-10-16(11-13-18)21-15-24(28)31-25-19(21)7-5-8-20(25)22-14-17-6-3-4-9-23(17)30-26(22)29/h3-15H,1-2H3. The van der Waals surface area contributed by atoms with Crippen molar-refractivity contribution in [2.45, 2.75) is 0 Å². The Labute approximate surface area is 177 Å². The van der Waals surface area contributed by atoms with E-state index in [0.29, 0.717) is 22.3 Å². The first-order chi connectivity index (χ1) is 15.0. The normalized spacial score (nSPS) is 11.2. The zero-order chi connectivity index (χ0) is 21.5. The Morgan fingerprint density at radius 2 is 1.48 bits per heavy atom. The maximum Gasteiger partial charge on any atom is 0.344 e. The molecule has 0 spiro atoms. The zero-order valence-corrected chi connectivity index (χ0v) is 17.1. The molecule has 0 unspecified atom stereocenters. The number of hydrogen-bond donors (Lipinski definition) is 0. The molecular formula is C26H19NO4. The molecule has 0 bridgehead atoms. The minimum atomic E-state index is -0.477. The fraction of sp³-hybridized carbons (Fsp3) is 0.0769. The van der Waals surface area contributed by atoms with Crippen molar-refractivity contribution in [3.05, 3.63) is 99.7 Å². The summed E-state index contributed by atoms with van der Waals surface area (Å²) in [5.41, 5.74) is 3.52. The minimum absolute atomic E-state index is 0.354. The molecule has 0 N–H and O–H groups in total. The predicted molar refractivity (Wildman–Crippen MR) is 124 cm³/mol. The molecule has 0 aliphatic rings. The molecule has 5 nitrogen and oxygen atoms in total. The smallest absolute Gasteiger partial charge is 0.344 e. The summed E-state index contributed by atoms with van der Waals surface area (Å²) >= 11 is 0. The number of para-hydroxylation sites is 2. The molecule has 5 aromatic rings. The molecule has 0 fully saturated rings. The van der Waals surface area contributed by atoms with E-state index >= 15 is 0 Å². The van der Waals surface area contributed by atoms with Crippen molar-refractivity contribution < 1.29 is 8.83 Å². The van der Waals surface area contributed by atoms with E-state index in [9.17, 15) is 9.59 Å². The molecule has 152 valence electrons. The summed E-state index contributed by atoms with van der Waals surface area (Å²) in [7, 11) is 3.95. The Morgan fingerprint density at radius 1 is 0.710 bits per heavy atom. The van der Waals surface area contributed by atoms with Gasteiger partial charge in [0.1, 0.15) is 11.2 Å². The number of fused-ring (bicyclic) bond motifs is 2. The van der Waals surface area contributed by atoms with Gasteiger partial charge in [0.2, 0.25) is 0 Å². The summed E-state index contributed by atoms with van der Waals surface area (Å²) in [6.45, 7) is 0. The average Bonchev–Trinajstić information content (AvgIpc) is 2.78. The lowest BCUT2D eigenvalue weighted by atomic mass is 9.97. The molecule has 0 radical (unpaired) electrons. The van der Waals surface area contributed by atoms with Gasteiger partial charge in [-0.05, 0) is 35.4 Å². The van der Waals surface area contributed by atoms with E-state index in [2.05, 4.69) is 0 Å². The molecule has 5 rings (SSSR count). The molecular weight excluding hydrogens is 390 g/mol. The molecule has 0 saturated heterocycles. The second kappa shape index (κ2) is 7.29. The highest BCUT2D eigenvalue weighted by atomic mass is 16.4. The number of benzene rings is 3. The summed E-state index contributed by atoms with van der Waals surface area (Å²) < 4.78 is 11.1. The van der Waals surface area contributed by atoms with Gasteiger partial charge in [0, 0.05) is 42.2 Å². The molecule has 3 aromatic carbocycles. The van der Waals surface area contributed by atoms with Gasteiger partial charge >= 0.3 is 11.3 Å². The van der Waals surface area contributed by atoms with Crippen LogP contribution < -0.4 is 16.2 Å². The van der Waals surface area contributed by atoms with E-state index in [4.69, 9.17) is 8.83 Å². The molecule has 0 amide bonds. The van der Waals surface area contributed by atoms with E-state index in [-0.39, 0.29) is 0 Å². The zero-order valence-electron chi connectivity index (χ0n) is 17.1. The highest BCUT2D eigenvalue weighted by Crippen LogP contribution is 2.34. The summed E-state index contributed by atoms with van der Waals surface area (Å²) in [5, 5.41) is 1.55. The van der Waals surface area contributed by atoms with Gasteiger partial charge in [-0.2, -0.15) is 0 Å². The lowest BCUT2D eigenvalue weighted by molar-refractivity contribution is 0.556. The van der Waals surface area contributed by atoms with Crippen LogP contribution in [0.2, 0.25) is 0 Å². The highest BCUT2D eigenvalue weighted by molar-refractivity contribution is 6.01. The number of hydrogen-bond acceptors (Lipinski definition) is 5. The van der Waals surface area contributed by atoms with Gasteiger partial charge in [-0.3, -0.25) is 0 Å². The van der Waals surface area contributed by atoms with Gasteiger partial charge in [-0.1, -0.05) is 48.5 Å². The highest BCUT2D eigenvalue weighted by Gasteiger charge is 2.16. The second-order valence-corrected chi connectivity index (χ2v) is 7.59. The third-order valence-corrected chi connectivity index (χ3v) is 5.40. The summed E-state index contributed by atoms with van der Waals surface area (Å²) in [5.74, 6) is 0. The quantitative estimate of drug-likeness (QED) is 0.379. The van der Waals surface area contributed by atoms with Crippen LogP contribution in [0.4, 0.5) is 5.69 Å². The molecule has 5 heteroatoms. The van der Waals surface area contributed by atoms with Crippen LogP contribution in [-0.4, -0.2) is 14.1 Å². The Kier molecular flexibility index (Phi) is 4.44. The minimum Gasteiger partial charge on any atom is -0.422 e. The molecule has 31 heavy (non-hydrogen) atoms.